The molecule has 34 heavy (non-hydrogen) atoms. The number of hydrogen-bond acceptors (Lipinski definition) is 10. The Morgan fingerprint density at radius 2 is 2.15 bits per heavy atom. The van der Waals surface area contributed by atoms with Gasteiger partial charge in [-0.25, -0.2) is 19.7 Å². The first kappa shape index (κ1) is 23.9. The van der Waals surface area contributed by atoms with E-state index in [1.54, 1.807) is 0 Å². The molecule has 0 saturated carbocycles. The van der Waals surface area contributed by atoms with E-state index in [1.807, 2.05) is 12.2 Å². The number of ether oxygens (including phenoxy) is 2. The van der Waals surface area contributed by atoms with Gasteiger partial charge in [0.1, 0.15) is 29.9 Å². The summed E-state index contributed by atoms with van der Waals surface area (Å²) in [6.07, 6.45) is 5.08. The third kappa shape index (κ3) is 5.28. The Morgan fingerprint density at radius 1 is 1.29 bits per heavy atom. The summed E-state index contributed by atoms with van der Waals surface area (Å²) in [5, 5.41) is 32.2. The monoisotopic (exact) mass is 472 g/mol. The molecule has 1 amide bonds. The van der Waals surface area contributed by atoms with Crippen molar-refractivity contribution in [2.45, 2.75) is 62.7 Å². The number of imidazole rings is 1. The lowest BCUT2D eigenvalue weighted by Gasteiger charge is -2.16. The molecule has 2 aliphatic rings. The summed E-state index contributed by atoms with van der Waals surface area (Å²) >= 11 is 0. The molecule has 0 radical (unpaired) electrons. The van der Waals surface area contributed by atoms with Crippen molar-refractivity contribution in [3.8, 4) is 11.8 Å². The summed E-state index contributed by atoms with van der Waals surface area (Å²) < 4.78 is 12.4. The number of alkyl carbamates (subject to hydrolysis) is 1. The van der Waals surface area contributed by atoms with Gasteiger partial charge in [-0.3, -0.25) is 4.57 Å². The zero-order chi connectivity index (χ0) is 24.1. The number of nitrogens with one attached hydrogen (secondary N) is 1. The van der Waals surface area contributed by atoms with Crippen molar-refractivity contribution in [3.05, 3.63) is 24.3 Å². The molecule has 3 unspecified atom stereocenters. The number of aliphatic hydroxyl groups excluding tert-OH is 3. The zero-order valence-corrected chi connectivity index (χ0v) is 18.5. The van der Waals surface area contributed by atoms with Crippen LogP contribution in [0, 0.1) is 11.8 Å². The Kier molecular flexibility index (Phi) is 7.59. The molecule has 0 spiro atoms. The van der Waals surface area contributed by atoms with Gasteiger partial charge in [-0.05, 0) is 37.7 Å². The Balaban J connectivity index is 1.42. The highest BCUT2D eigenvalue weighted by atomic mass is 16.6. The molecule has 1 fully saturated rings. The minimum Gasteiger partial charge on any atom is -0.442 e. The van der Waals surface area contributed by atoms with E-state index in [-0.39, 0.29) is 35.5 Å². The number of carbonyl (C=O) groups excluding carboxylic acids is 1. The first-order valence-corrected chi connectivity index (χ1v) is 11.2. The number of amides is 1. The van der Waals surface area contributed by atoms with Crippen LogP contribution in [0.5, 0.6) is 0 Å². The van der Waals surface area contributed by atoms with Crippen molar-refractivity contribution in [1.29, 1.82) is 0 Å². The van der Waals surface area contributed by atoms with Crippen LogP contribution in [0.25, 0.3) is 11.2 Å². The average Bonchev–Trinajstić information content (AvgIpc) is 3.34. The molecule has 2 aromatic heterocycles. The van der Waals surface area contributed by atoms with Crippen LogP contribution >= 0.6 is 0 Å². The fourth-order valence-corrected chi connectivity index (χ4v) is 3.94. The quantitative estimate of drug-likeness (QED) is 0.300. The number of rotatable bonds is 4. The lowest BCUT2D eigenvalue weighted by molar-refractivity contribution is -0.0511. The van der Waals surface area contributed by atoms with Crippen LogP contribution in [-0.2, 0) is 9.47 Å². The van der Waals surface area contributed by atoms with Crippen LogP contribution in [0.1, 0.15) is 44.2 Å². The lowest BCUT2D eigenvalue weighted by atomic mass is 10.0. The lowest BCUT2D eigenvalue weighted by Crippen LogP contribution is -2.33. The molecule has 12 heteroatoms. The summed E-state index contributed by atoms with van der Waals surface area (Å²) in [6.45, 7) is -0.438. The number of allylic oxidation sites excluding steroid dienone is 1. The predicted octanol–water partition coefficient (Wildman–Crippen LogP) is -0.0134. The molecule has 1 saturated heterocycles. The van der Waals surface area contributed by atoms with Gasteiger partial charge in [0.05, 0.1) is 19.5 Å². The number of fused-ring (bicyclic) bond motifs is 1. The van der Waals surface area contributed by atoms with Crippen LogP contribution in [-0.4, -0.2) is 78.5 Å². The minimum atomic E-state index is -1.30. The Labute approximate surface area is 195 Å². The molecule has 5 atom stereocenters. The summed E-state index contributed by atoms with van der Waals surface area (Å²) in [6, 6.07) is 0. The largest absolute Gasteiger partial charge is 0.442 e. The molecule has 12 nitrogen and oxygen atoms in total. The minimum absolute atomic E-state index is 0.0185. The van der Waals surface area contributed by atoms with E-state index in [1.165, 1.54) is 10.9 Å². The van der Waals surface area contributed by atoms with Gasteiger partial charge < -0.3 is 35.8 Å². The van der Waals surface area contributed by atoms with Crippen molar-refractivity contribution in [2.24, 2.45) is 0 Å². The highest BCUT2D eigenvalue weighted by molar-refractivity contribution is 5.82. The van der Waals surface area contributed by atoms with E-state index in [9.17, 15) is 20.1 Å². The van der Waals surface area contributed by atoms with Crippen molar-refractivity contribution in [1.82, 2.24) is 24.8 Å². The standard InChI is InChI=1S/C22H28N6O6/c23-19-16-20(28(12-25-16)21-18(31)17(30)14(11-29)34-21)27-15(26-19)9-6-10-24-22(32)33-13-7-4-2-1-3-5-8-13/h4,7,12-14,17-18,21,29-31H,1-3,5,8,10-11H2,(H,24,32)(H2,23,26,27)/t13?,14-,17?,18?,21-/m1/s1. The highest BCUT2D eigenvalue weighted by Crippen LogP contribution is 2.31. The number of hydrogen-bond donors (Lipinski definition) is 5. The maximum Gasteiger partial charge on any atom is 0.408 e. The van der Waals surface area contributed by atoms with E-state index in [0.29, 0.717) is 0 Å². The number of aromatic nitrogens is 4. The first-order valence-electron chi connectivity index (χ1n) is 11.2. The molecule has 0 aromatic carbocycles. The number of nitrogens with zero attached hydrogens (tertiary/aromatic N) is 4. The Bertz CT molecular complexity index is 1110. The van der Waals surface area contributed by atoms with Crippen LogP contribution in [0.15, 0.2) is 18.5 Å². The fraction of sp³-hybridized carbons (Fsp3) is 0.545. The first-order chi connectivity index (χ1) is 16.5. The second-order valence-electron chi connectivity index (χ2n) is 8.15. The molecule has 2 aromatic rings. The third-order valence-corrected chi connectivity index (χ3v) is 5.73. The van der Waals surface area contributed by atoms with E-state index < -0.39 is 37.2 Å². The summed E-state index contributed by atoms with van der Waals surface area (Å²) in [7, 11) is 0. The van der Waals surface area contributed by atoms with Crippen LogP contribution in [0.4, 0.5) is 10.6 Å². The van der Waals surface area contributed by atoms with Gasteiger partial charge in [0.2, 0.25) is 5.82 Å². The normalized spacial score (nSPS) is 27.0. The molecule has 4 rings (SSSR count). The van der Waals surface area contributed by atoms with Gasteiger partial charge in [-0.1, -0.05) is 18.4 Å². The molecule has 6 N–H and O–H groups in total. The summed E-state index contributed by atoms with van der Waals surface area (Å²) in [5.74, 6) is 5.64. The van der Waals surface area contributed by atoms with Crippen molar-refractivity contribution < 1.29 is 29.6 Å². The number of carbonyl (C=O) groups is 1. The van der Waals surface area contributed by atoms with E-state index in [4.69, 9.17) is 15.2 Å². The molecular weight excluding hydrogens is 444 g/mol. The third-order valence-electron chi connectivity index (χ3n) is 5.73. The topological polar surface area (TPSA) is 178 Å². The maximum absolute atomic E-state index is 12.0. The smallest absolute Gasteiger partial charge is 0.408 e. The average molecular weight is 473 g/mol. The number of nitrogen functional groups attached to an aromatic ring is 1. The van der Waals surface area contributed by atoms with Crippen molar-refractivity contribution >= 4 is 23.1 Å². The second-order valence-corrected chi connectivity index (χ2v) is 8.15. The summed E-state index contributed by atoms with van der Waals surface area (Å²) in [5.41, 5.74) is 6.50. The second kappa shape index (κ2) is 10.8. The van der Waals surface area contributed by atoms with E-state index in [2.05, 4.69) is 32.1 Å². The van der Waals surface area contributed by atoms with Gasteiger partial charge in [-0.2, -0.15) is 0 Å². The van der Waals surface area contributed by atoms with E-state index >= 15 is 0 Å². The highest BCUT2D eigenvalue weighted by Gasteiger charge is 2.44. The zero-order valence-electron chi connectivity index (χ0n) is 18.5. The number of aliphatic hydroxyl groups is 3. The van der Waals surface area contributed by atoms with Gasteiger partial charge in [0.25, 0.3) is 0 Å². The SMILES string of the molecule is Nc1nc(C#CCNC(=O)OC2C=CCCCCC2)nc2c1ncn2[C@@H]1O[C@H](CO)C(O)C1O. The molecule has 182 valence electrons. The molecule has 1 aliphatic heterocycles. The summed E-state index contributed by atoms with van der Waals surface area (Å²) in [4.78, 5) is 24.6. The number of nitrogens with two attached hydrogens (primary N) is 1. The van der Waals surface area contributed by atoms with Crippen LogP contribution < -0.4 is 11.1 Å². The molecule has 0 bridgehead atoms. The van der Waals surface area contributed by atoms with Crippen LogP contribution in [0.2, 0.25) is 0 Å². The number of anilines is 1. The van der Waals surface area contributed by atoms with Gasteiger partial charge in [0, 0.05) is 0 Å². The van der Waals surface area contributed by atoms with Gasteiger partial charge >= 0.3 is 6.09 Å². The predicted molar refractivity (Wildman–Crippen MR) is 120 cm³/mol. The van der Waals surface area contributed by atoms with E-state index in [0.717, 1.165) is 32.1 Å². The van der Waals surface area contributed by atoms with Gasteiger partial charge in [-0.15, -0.1) is 0 Å². The Hall–Kier alpha value is -3.24. The molecule has 3 heterocycles. The molecule has 1 aliphatic carbocycles. The molecular formula is C22H28N6O6. The van der Waals surface area contributed by atoms with Gasteiger partial charge in [0.15, 0.2) is 17.7 Å². The maximum atomic E-state index is 12.0. The Morgan fingerprint density at radius 3 is 2.94 bits per heavy atom. The van der Waals surface area contributed by atoms with Crippen LogP contribution in [0.3, 0.4) is 0 Å². The van der Waals surface area contributed by atoms with Crippen molar-refractivity contribution in [2.75, 3.05) is 18.9 Å². The van der Waals surface area contributed by atoms with Crippen molar-refractivity contribution in [3.63, 3.8) is 0 Å². The fourth-order valence-electron chi connectivity index (χ4n) is 3.94.